The molecule has 0 heterocycles. The van der Waals surface area contributed by atoms with Gasteiger partial charge >= 0.3 is 5.97 Å². The Morgan fingerprint density at radius 2 is 2.12 bits per heavy atom. The molecule has 2 atom stereocenters. The lowest BCUT2D eigenvalue weighted by atomic mass is 9.94. The molecule has 0 rings (SSSR count). The van der Waals surface area contributed by atoms with E-state index in [1.165, 1.54) is 0 Å². The van der Waals surface area contributed by atoms with Gasteiger partial charge in [0.2, 0.25) is 0 Å². The molecule has 0 saturated carbocycles. The van der Waals surface area contributed by atoms with Crippen molar-refractivity contribution >= 4 is 5.97 Å². The van der Waals surface area contributed by atoms with Crippen LogP contribution in [-0.4, -0.2) is 47.6 Å². The summed E-state index contributed by atoms with van der Waals surface area (Å²) >= 11 is 0. The minimum absolute atomic E-state index is 0.000239. The van der Waals surface area contributed by atoms with Crippen molar-refractivity contribution in [3.63, 3.8) is 0 Å². The minimum Gasteiger partial charge on any atom is -0.466 e. The van der Waals surface area contributed by atoms with Gasteiger partial charge in [0.1, 0.15) is 0 Å². The number of carbonyl (C=O) groups excluding carboxylic acids is 1. The normalized spacial score (nSPS) is 16.3. The smallest absolute Gasteiger partial charge is 0.308 e. The van der Waals surface area contributed by atoms with Gasteiger partial charge in [-0.1, -0.05) is 6.92 Å². The van der Waals surface area contributed by atoms with Gasteiger partial charge in [-0.05, 0) is 26.7 Å². The Bertz CT molecular complexity index is 223. The first-order valence-corrected chi connectivity index (χ1v) is 6.17. The Morgan fingerprint density at radius 3 is 2.59 bits per heavy atom. The van der Waals surface area contributed by atoms with Gasteiger partial charge in [0.15, 0.2) is 0 Å². The lowest BCUT2D eigenvalue weighted by molar-refractivity contribution is -0.145. The van der Waals surface area contributed by atoms with Crippen molar-refractivity contribution in [3.05, 3.63) is 0 Å². The second-order valence-electron chi connectivity index (χ2n) is 4.43. The SMILES string of the molecule is CCOC(=O)CC(O)CNC(C)(CC)CCO. The fourth-order valence-corrected chi connectivity index (χ4v) is 1.49. The first-order chi connectivity index (χ1) is 7.97. The molecule has 0 fully saturated rings. The van der Waals surface area contributed by atoms with Gasteiger partial charge in [-0.3, -0.25) is 4.79 Å². The number of aliphatic hydroxyl groups excluding tert-OH is 2. The van der Waals surface area contributed by atoms with Crippen LogP contribution >= 0.6 is 0 Å². The van der Waals surface area contributed by atoms with E-state index in [9.17, 15) is 9.90 Å². The molecule has 0 aromatic carbocycles. The lowest BCUT2D eigenvalue weighted by Gasteiger charge is -2.30. The summed E-state index contributed by atoms with van der Waals surface area (Å²) in [6.07, 6.45) is 0.716. The van der Waals surface area contributed by atoms with Crippen LogP contribution in [0.2, 0.25) is 0 Å². The molecule has 0 aromatic rings. The average molecular weight is 247 g/mol. The standard InChI is InChI=1S/C12H25NO4/c1-4-12(3,6-7-14)13-9-10(15)8-11(16)17-5-2/h10,13-15H,4-9H2,1-3H3. The predicted octanol–water partition coefficient (Wildman–Crippen LogP) is 0.441. The van der Waals surface area contributed by atoms with Crippen LogP contribution < -0.4 is 5.32 Å². The molecule has 0 aliphatic rings. The molecule has 0 aromatic heterocycles. The van der Waals surface area contributed by atoms with Crippen molar-refractivity contribution in [3.8, 4) is 0 Å². The van der Waals surface area contributed by atoms with Gasteiger partial charge in [-0.25, -0.2) is 0 Å². The Kier molecular flexibility index (Phi) is 8.12. The summed E-state index contributed by atoms with van der Waals surface area (Å²) in [6, 6.07) is 0. The highest BCUT2D eigenvalue weighted by atomic mass is 16.5. The summed E-state index contributed by atoms with van der Waals surface area (Å²) in [6.45, 7) is 6.49. The maximum absolute atomic E-state index is 11.1. The van der Waals surface area contributed by atoms with E-state index >= 15 is 0 Å². The number of nitrogens with one attached hydrogen (secondary N) is 1. The fraction of sp³-hybridized carbons (Fsp3) is 0.917. The molecule has 17 heavy (non-hydrogen) atoms. The van der Waals surface area contributed by atoms with Crippen LogP contribution in [0.5, 0.6) is 0 Å². The highest BCUT2D eigenvalue weighted by Gasteiger charge is 2.22. The van der Waals surface area contributed by atoms with E-state index in [0.717, 1.165) is 6.42 Å². The maximum atomic E-state index is 11.1. The molecule has 0 aliphatic heterocycles. The molecule has 0 amide bonds. The largest absolute Gasteiger partial charge is 0.466 e. The number of β-amino-alcohol motifs (C(OH)–C–C–N with tert-alkyl or cyclic N) is 1. The quantitative estimate of drug-likeness (QED) is 0.515. The van der Waals surface area contributed by atoms with Gasteiger partial charge in [0.25, 0.3) is 0 Å². The third-order valence-electron chi connectivity index (χ3n) is 2.92. The van der Waals surface area contributed by atoms with Crippen molar-refractivity contribution in [1.82, 2.24) is 5.32 Å². The first-order valence-electron chi connectivity index (χ1n) is 6.17. The van der Waals surface area contributed by atoms with Gasteiger partial charge in [-0.2, -0.15) is 0 Å². The number of hydrogen-bond acceptors (Lipinski definition) is 5. The maximum Gasteiger partial charge on any atom is 0.308 e. The molecule has 0 bridgehead atoms. The molecule has 0 radical (unpaired) electrons. The Balaban J connectivity index is 3.96. The predicted molar refractivity (Wildman–Crippen MR) is 65.7 cm³/mol. The van der Waals surface area contributed by atoms with Crippen LogP contribution in [0.4, 0.5) is 0 Å². The molecule has 0 aliphatic carbocycles. The van der Waals surface area contributed by atoms with Crippen molar-refractivity contribution < 1.29 is 19.7 Å². The highest BCUT2D eigenvalue weighted by Crippen LogP contribution is 2.13. The Hall–Kier alpha value is -0.650. The Labute approximate surface area is 103 Å². The fourth-order valence-electron chi connectivity index (χ4n) is 1.49. The van der Waals surface area contributed by atoms with Crippen LogP contribution in [0.1, 0.15) is 40.0 Å². The molecule has 0 spiro atoms. The second-order valence-corrected chi connectivity index (χ2v) is 4.43. The number of esters is 1. The zero-order chi connectivity index (χ0) is 13.3. The van der Waals surface area contributed by atoms with Crippen LogP contribution in [0.3, 0.4) is 0 Å². The summed E-state index contributed by atoms with van der Waals surface area (Å²) in [5.74, 6) is -0.387. The second kappa shape index (κ2) is 8.44. The summed E-state index contributed by atoms with van der Waals surface area (Å²) in [5, 5.41) is 21.8. The third kappa shape index (κ3) is 7.31. The van der Waals surface area contributed by atoms with Crippen molar-refractivity contribution in [2.24, 2.45) is 0 Å². The van der Waals surface area contributed by atoms with E-state index in [1.807, 2.05) is 13.8 Å². The van der Waals surface area contributed by atoms with Crippen LogP contribution in [0.15, 0.2) is 0 Å². The summed E-state index contributed by atoms with van der Waals surface area (Å²) < 4.78 is 4.75. The number of rotatable bonds is 9. The van der Waals surface area contributed by atoms with Crippen LogP contribution in [-0.2, 0) is 9.53 Å². The van der Waals surface area contributed by atoms with E-state index < -0.39 is 6.10 Å². The van der Waals surface area contributed by atoms with Crippen LogP contribution in [0, 0.1) is 0 Å². The van der Waals surface area contributed by atoms with Gasteiger partial charge in [0.05, 0.1) is 19.1 Å². The number of hydrogen-bond donors (Lipinski definition) is 3. The van der Waals surface area contributed by atoms with E-state index in [1.54, 1.807) is 6.92 Å². The first kappa shape index (κ1) is 16.4. The number of aliphatic hydroxyl groups is 2. The van der Waals surface area contributed by atoms with E-state index in [-0.39, 0.29) is 24.5 Å². The Morgan fingerprint density at radius 1 is 1.47 bits per heavy atom. The molecular weight excluding hydrogens is 222 g/mol. The van der Waals surface area contributed by atoms with Crippen LogP contribution in [0.25, 0.3) is 0 Å². The summed E-state index contributed by atoms with van der Waals surface area (Å²) in [4.78, 5) is 11.1. The van der Waals surface area contributed by atoms with Crippen molar-refractivity contribution in [2.45, 2.75) is 51.7 Å². The molecule has 102 valence electrons. The minimum atomic E-state index is -0.751. The van der Waals surface area contributed by atoms with Gasteiger partial charge in [-0.15, -0.1) is 0 Å². The van der Waals surface area contributed by atoms with E-state index in [4.69, 9.17) is 9.84 Å². The highest BCUT2D eigenvalue weighted by molar-refractivity contribution is 5.69. The zero-order valence-corrected chi connectivity index (χ0v) is 11.0. The summed E-state index contributed by atoms with van der Waals surface area (Å²) in [5.41, 5.74) is -0.204. The topological polar surface area (TPSA) is 78.8 Å². The average Bonchev–Trinajstić information content (AvgIpc) is 2.27. The van der Waals surface area contributed by atoms with Crippen molar-refractivity contribution in [1.29, 1.82) is 0 Å². The molecular formula is C12H25NO4. The number of carbonyl (C=O) groups is 1. The molecule has 2 unspecified atom stereocenters. The van der Waals surface area contributed by atoms with Crippen molar-refractivity contribution in [2.75, 3.05) is 19.8 Å². The molecule has 0 saturated heterocycles. The van der Waals surface area contributed by atoms with E-state index in [0.29, 0.717) is 19.6 Å². The summed E-state index contributed by atoms with van der Waals surface area (Å²) in [7, 11) is 0. The number of ether oxygens (including phenoxy) is 1. The van der Waals surface area contributed by atoms with E-state index in [2.05, 4.69) is 5.32 Å². The zero-order valence-electron chi connectivity index (χ0n) is 11.0. The van der Waals surface area contributed by atoms with Gasteiger partial charge < -0.3 is 20.3 Å². The van der Waals surface area contributed by atoms with Gasteiger partial charge in [0, 0.05) is 18.7 Å². The third-order valence-corrected chi connectivity index (χ3v) is 2.92. The molecule has 5 heteroatoms. The lowest BCUT2D eigenvalue weighted by Crippen LogP contribution is -2.46. The molecule has 5 nitrogen and oxygen atoms in total. The monoisotopic (exact) mass is 247 g/mol. The molecule has 3 N–H and O–H groups in total.